The van der Waals surface area contributed by atoms with Crippen LogP contribution < -0.4 is 5.32 Å². The maximum atomic E-state index is 13.2. The van der Waals surface area contributed by atoms with Crippen molar-refractivity contribution in [2.45, 2.75) is 32.2 Å². The number of piperidine rings is 1. The monoisotopic (exact) mass is 379 g/mol. The van der Waals surface area contributed by atoms with E-state index in [1.165, 1.54) is 0 Å². The molecule has 2 aromatic rings. The van der Waals surface area contributed by atoms with Gasteiger partial charge in [-0.15, -0.1) is 0 Å². The molecule has 0 radical (unpaired) electrons. The van der Waals surface area contributed by atoms with Gasteiger partial charge in [0.2, 0.25) is 5.91 Å². The number of rotatable bonds is 3. The van der Waals surface area contributed by atoms with Gasteiger partial charge in [-0.25, -0.2) is 4.79 Å². The first kappa shape index (κ1) is 18.5. The number of benzene rings is 2. The van der Waals surface area contributed by atoms with E-state index in [1.807, 2.05) is 42.5 Å². The van der Waals surface area contributed by atoms with Gasteiger partial charge in [0.25, 0.3) is 5.91 Å². The highest BCUT2D eigenvalue weighted by atomic mass is 16.2. The Kier molecular flexibility index (Phi) is 4.57. The number of hydrogen-bond acceptors (Lipinski definition) is 3. The van der Waals surface area contributed by atoms with Gasteiger partial charge in [-0.3, -0.25) is 14.5 Å². The molecule has 2 aliphatic heterocycles. The van der Waals surface area contributed by atoms with E-state index in [9.17, 15) is 14.4 Å². The predicted octanol–water partition coefficient (Wildman–Crippen LogP) is 2.87. The van der Waals surface area contributed by atoms with Crippen molar-refractivity contribution in [2.24, 2.45) is 5.92 Å². The number of fused-ring (bicyclic) bond motifs is 1. The summed E-state index contributed by atoms with van der Waals surface area (Å²) < 4.78 is 0. The standard InChI is InChI=1S/C22H25N3O3/c1-15-10-12-24(13-11-15)19(26)14-25-20(27)22(2,23-21(25)28)18-9-5-7-16-6-3-4-8-17(16)18/h3-9,15H,10-14H2,1-2H3,(H,23,28)/t22-/m1/s1. The fourth-order valence-electron chi connectivity index (χ4n) is 4.18. The van der Waals surface area contributed by atoms with Crippen LogP contribution in [0.4, 0.5) is 4.79 Å². The first-order valence-corrected chi connectivity index (χ1v) is 9.80. The first-order valence-electron chi connectivity index (χ1n) is 9.80. The lowest BCUT2D eigenvalue weighted by molar-refractivity contribution is -0.139. The lowest BCUT2D eigenvalue weighted by Gasteiger charge is -2.31. The fraction of sp³-hybridized carbons (Fsp3) is 0.409. The van der Waals surface area contributed by atoms with Crippen LogP contribution in [0.5, 0.6) is 0 Å². The van der Waals surface area contributed by atoms with Gasteiger partial charge in [-0.2, -0.15) is 0 Å². The Hall–Kier alpha value is -2.89. The third kappa shape index (κ3) is 3.03. The highest BCUT2D eigenvalue weighted by molar-refractivity contribution is 6.10. The van der Waals surface area contributed by atoms with Gasteiger partial charge in [-0.05, 0) is 42.0 Å². The Morgan fingerprint density at radius 1 is 1.11 bits per heavy atom. The van der Waals surface area contributed by atoms with Crippen molar-refractivity contribution < 1.29 is 14.4 Å². The van der Waals surface area contributed by atoms with E-state index in [4.69, 9.17) is 0 Å². The molecule has 4 rings (SSSR count). The largest absolute Gasteiger partial charge is 0.341 e. The molecule has 0 bridgehead atoms. The van der Waals surface area contributed by atoms with Crippen LogP contribution in [0.15, 0.2) is 42.5 Å². The second kappa shape index (κ2) is 6.93. The van der Waals surface area contributed by atoms with E-state index in [0.29, 0.717) is 19.0 Å². The quantitative estimate of drug-likeness (QED) is 0.834. The van der Waals surface area contributed by atoms with Crippen LogP contribution in [0, 0.1) is 5.92 Å². The Morgan fingerprint density at radius 2 is 1.79 bits per heavy atom. The first-order chi connectivity index (χ1) is 13.4. The van der Waals surface area contributed by atoms with Crippen molar-refractivity contribution in [3.8, 4) is 0 Å². The average Bonchev–Trinajstić information content (AvgIpc) is 2.92. The molecule has 146 valence electrons. The van der Waals surface area contributed by atoms with Crippen LogP contribution in [0.1, 0.15) is 32.3 Å². The van der Waals surface area contributed by atoms with Gasteiger partial charge in [0, 0.05) is 13.1 Å². The Labute approximate surface area is 164 Å². The number of nitrogens with zero attached hydrogens (tertiary/aromatic N) is 2. The predicted molar refractivity (Wildman–Crippen MR) is 107 cm³/mol. The summed E-state index contributed by atoms with van der Waals surface area (Å²) in [6.45, 7) is 5.05. The smallest absolute Gasteiger partial charge is 0.325 e. The third-order valence-corrected chi connectivity index (χ3v) is 6.03. The van der Waals surface area contributed by atoms with E-state index in [0.717, 1.165) is 34.1 Å². The summed E-state index contributed by atoms with van der Waals surface area (Å²) in [6.07, 6.45) is 1.92. The summed E-state index contributed by atoms with van der Waals surface area (Å²) in [5.41, 5.74) is -0.444. The molecule has 0 aromatic heterocycles. The molecule has 2 saturated heterocycles. The topological polar surface area (TPSA) is 69.7 Å². The lowest BCUT2D eigenvalue weighted by Crippen LogP contribution is -2.46. The summed E-state index contributed by atoms with van der Waals surface area (Å²) in [7, 11) is 0. The SMILES string of the molecule is CC1CCN(C(=O)CN2C(=O)N[C@](C)(c3cccc4ccccc34)C2=O)CC1. The van der Waals surface area contributed by atoms with Gasteiger partial charge in [0.1, 0.15) is 12.1 Å². The zero-order chi connectivity index (χ0) is 19.9. The minimum atomic E-state index is -1.19. The Bertz CT molecular complexity index is 944. The highest BCUT2D eigenvalue weighted by Gasteiger charge is 2.50. The number of urea groups is 1. The van der Waals surface area contributed by atoms with Crippen LogP contribution in [0.3, 0.4) is 0 Å². The molecule has 2 aliphatic rings. The summed E-state index contributed by atoms with van der Waals surface area (Å²) in [5.74, 6) is 0.0561. The number of likely N-dealkylation sites (tertiary alicyclic amines) is 1. The summed E-state index contributed by atoms with van der Waals surface area (Å²) in [5, 5.41) is 4.74. The summed E-state index contributed by atoms with van der Waals surface area (Å²) >= 11 is 0. The highest BCUT2D eigenvalue weighted by Crippen LogP contribution is 2.33. The zero-order valence-corrected chi connectivity index (χ0v) is 16.3. The second-order valence-corrected chi connectivity index (χ2v) is 8.04. The number of imide groups is 1. The van der Waals surface area contributed by atoms with E-state index in [1.54, 1.807) is 11.8 Å². The molecule has 1 atom stereocenters. The maximum absolute atomic E-state index is 13.2. The van der Waals surface area contributed by atoms with Gasteiger partial charge in [-0.1, -0.05) is 49.4 Å². The average molecular weight is 379 g/mol. The Balaban J connectivity index is 1.59. The van der Waals surface area contributed by atoms with E-state index < -0.39 is 11.6 Å². The van der Waals surface area contributed by atoms with Crippen molar-refractivity contribution in [1.29, 1.82) is 0 Å². The molecule has 2 heterocycles. The van der Waals surface area contributed by atoms with Crippen LogP contribution in [0.25, 0.3) is 10.8 Å². The number of carbonyl (C=O) groups excluding carboxylic acids is 3. The normalized spacial score (nSPS) is 23.4. The molecule has 6 nitrogen and oxygen atoms in total. The summed E-state index contributed by atoms with van der Waals surface area (Å²) in [6, 6.07) is 13.0. The minimum absolute atomic E-state index is 0.169. The van der Waals surface area contributed by atoms with Crippen molar-refractivity contribution in [3.63, 3.8) is 0 Å². The number of amides is 4. The van der Waals surface area contributed by atoms with Crippen LogP contribution in [-0.2, 0) is 15.1 Å². The van der Waals surface area contributed by atoms with E-state index >= 15 is 0 Å². The van der Waals surface area contributed by atoms with Gasteiger partial charge < -0.3 is 10.2 Å². The summed E-state index contributed by atoms with van der Waals surface area (Å²) in [4.78, 5) is 41.3. The third-order valence-electron chi connectivity index (χ3n) is 6.03. The van der Waals surface area contributed by atoms with E-state index in [2.05, 4.69) is 12.2 Å². The molecular weight excluding hydrogens is 354 g/mol. The van der Waals surface area contributed by atoms with Crippen molar-refractivity contribution >= 4 is 28.6 Å². The van der Waals surface area contributed by atoms with Crippen LogP contribution in [-0.4, -0.2) is 47.3 Å². The molecule has 2 fully saturated rings. The van der Waals surface area contributed by atoms with E-state index in [-0.39, 0.29) is 18.4 Å². The number of carbonyl (C=O) groups is 3. The Morgan fingerprint density at radius 3 is 2.54 bits per heavy atom. The molecule has 1 N–H and O–H groups in total. The molecular formula is C22H25N3O3. The van der Waals surface area contributed by atoms with Gasteiger partial charge >= 0.3 is 6.03 Å². The lowest BCUT2D eigenvalue weighted by atomic mass is 9.88. The number of hydrogen-bond donors (Lipinski definition) is 1. The van der Waals surface area contributed by atoms with Gasteiger partial charge in [0.05, 0.1) is 0 Å². The van der Waals surface area contributed by atoms with Crippen LogP contribution in [0.2, 0.25) is 0 Å². The van der Waals surface area contributed by atoms with Crippen molar-refractivity contribution in [2.75, 3.05) is 19.6 Å². The van der Waals surface area contributed by atoms with Gasteiger partial charge in [0.15, 0.2) is 0 Å². The van der Waals surface area contributed by atoms with Crippen LogP contribution >= 0.6 is 0 Å². The van der Waals surface area contributed by atoms with Crippen molar-refractivity contribution in [1.82, 2.24) is 15.1 Å². The maximum Gasteiger partial charge on any atom is 0.325 e. The molecule has 28 heavy (non-hydrogen) atoms. The molecule has 4 amide bonds. The second-order valence-electron chi connectivity index (χ2n) is 8.04. The minimum Gasteiger partial charge on any atom is -0.341 e. The fourth-order valence-corrected chi connectivity index (χ4v) is 4.18. The molecule has 0 saturated carbocycles. The number of nitrogens with one attached hydrogen (secondary N) is 1. The molecule has 0 unspecified atom stereocenters. The zero-order valence-electron chi connectivity index (χ0n) is 16.3. The molecule has 6 heteroatoms. The van der Waals surface area contributed by atoms with Crippen molar-refractivity contribution in [3.05, 3.63) is 48.0 Å². The molecule has 0 spiro atoms. The molecule has 2 aromatic carbocycles. The molecule has 0 aliphatic carbocycles.